The lowest BCUT2D eigenvalue weighted by atomic mass is 10.1. The van der Waals surface area contributed by atoms with Gasteiger partial charge >= 0.3 is 6.03 Å². The molecule has 5 nitrogen and oxygen atoms in total. The summed E-state index contributed by atoms with van der Waals surface area (Å²) in [7, 11) is 0. The molecule has 0 spiro atoms. The summed E-state index contributed by atoms with van der Waals surface area (Å²) in [5.41, 5.74) is 5.78. The van der Waals surface area contributed by atoms with Crippen molar-refractivity contribution in [3.8, 4) is 0 Å². The summed E-state index contributed by atoms with van der Waals surface area (Å²) in [6.07, 6.45) is 2.35. The van der Waals surface area contributed by atoms with Crippen molar-refractivity contribution >= 4 is 51.4 Å². The Morgan fingerprint density at radius 3 is 2.43 bits per heavy atom. The van der Waals surface area contributed by atoms with Crippen LogP contribution in [0.2, 0.25) is 0 Å². The highest BCUT2D eigenvalue weighted by atomic mass is 127. The minimum atomic E-state index is -0.612. The monoisotopic (exact) mass is 485 g/mol. The molecule has 0 bridgehead atoms. The van der Waals surface area contributed by atoms with Crippen LogP contribution in [0.4, 0.5) is 27.5 Å². The maximum atomic E-state index is 12.2. The molecule has 1 aliphatic rings. The number of amides is 2. The number of hydrogen-bond acceptors (Lipinski definition) is 3. The van der Waals surface area contributed by atoms with Crippen molar-refractivity contribution in [2.75, 3.05) is 15.7 Å². The van der Waals surface area contributed by atoms with E-state index in [4.69, 9.17) is 0 Å². The molecule has 1 atom stereocenters. The second kappa shape index (κ2) is 8.20. The van der Waals surface area contributed by atoms with Gasteiger partial charge in [-0.05, 0) is 72.5 Å². The van der Waals surface area contributed by atoms with Crippen molar-refractivity contribution in [3.63, 3.8) is 0 Å². The zero-order chi connectivity index (χ0) is 19.5. The van der Waals surface area contributed by atoms with Crippen LogP contribution in [0.1, 0.15) is 21.5 Å². The van der Waals surface area contributed by atoms with Crippen LogP contribution in [0.3, 0.4) is 0 Å². The van der Waals surface area contributed by atoms with Gasteiger partial charge < -0.3 is 10.6 Å². The zero-order valence-electron chi connectivity index (χ0n) is 15.1. The molecule has 4 rings (SSSR count). The molecule has 2 amide bonds. The summed E-state index contributed by atoms with van der Waals surface area (Å²) in [5.74, 6) is 0. The van der Waals surface area contributed by atoms with E-state index in [1.807, 2.05) is 30.3 Å². The van der Waals surface area contributed by atoms with E-state index in [0.717, 1.165) is 17.8 Å². The van der Waals surface area contributed by atoms with Crippen molar-refractivity contribution < 1.29 is 10.0 Å². The van der Waals surface area contributed by atoms with E-state index in [1.165, 1.54) is 17.5 Å². The molecule has 142 valence electrons. The first-order valence-electron chi connectivity index (χ1n) is 9.09. The Morgan fingerprint density at radius 2 is 1.68 bits per heavy atom. The van der Waals surface area contributed by atoms with Gasteiger partial charge in [0.2, 0.25) is 0 Å². The summed E-state index contributed by atoms with van der Waals surface area (Å²) in [4.78, 5) is 12.2. The molecule has 0 fully saturated rings. The van der Waals surface area contributed by atoms with E-state index in [2.05, 4.69) is 51.4 Å². The molecule has 0 aromatic heterocycles. The lowest BCUT2D eigenvalue weighted by Gasteiger charge is -2.16. The largest absolute Gasteiger partial charge is 0.356 e. The molecule has 0 aliphatic heterocycles. The van der Waals surface area contributed by atoms with Crippen LogP contribution in [0.5, 0.6) is 0 Å². The Hall–Kier alpha value is -2.58. The summed E-state index contributed by atoms with van der Waals surface area (Å²) in [6.45, 7) is 0. The first kappa shape index (κ1) is 18.8. The van der Waals surface area contributed by atoms with Crippen LogP contribution in [0, 0.1) is 0 Å². The molecular weight excluding hydrogens is 465 g/mol. The number of benzene rings is 3. The number of para-hydroxylation sites is 1. The van der Waals surface area contributed by atoms with Gasteiger partial charge in [0.25, 0.3) is 0 Å². The average molecular weight is 485 g/mol. The molecule has 28 heavy (non-hydrogen) atoms. The standard InChI is InChI=1S/C22H20IN3O2/c23-21-13-7-15-6-8-18(14-20(15)21)24-17-9-11-19(12-10-17)26(28)22(27)25-16-4-2-1-3-5-16/h1-6,8-12,14,21,24,28H,7,13H2,(H,25,27). The van der Waals surface area contributed by atoms with Gasteiger partial charge in [0.05, 0.1) is 5.69 Å². The Bertz CT molecular complexity index is 977. The highest BCUT2D eigenvalue weighted by molar-refractivity contribution is 14.1. The smallest absolute Gasteiger partial charge is 0.350 e. The molecule has 0 saturated heterocycles. The highest BCUT2D eigenvalue weighted by Crippen LogP contribution is 2.39. The first-order valence-corrected chi connectivity index (χ1v) is 10.3. The number of halogens is 1. The number of nitrogens with zero attached hydrogens (tertiary/aromatic N) is 1. The summed E-state index contributed by atoms with van der Waals surface area (Å²) >= 11 is 2.50. The SMILES string of the molecule is O=C(Nc1ccccc1)N(O)c1ccc(Nc2ccc3c(c2)C(I)CC3)cc1. The maximum Gasteiger partial charge on any atom is 0.350 e. The molecule has 3 aromatic carbocycles. The minimum Gasteiger partial charge on any atom is -0.356 e. The fourth-order valence-electron chi connectivity index (χ4n) is 3.30. The summed E-state index contributed by atoms with van der Waals surface area (Å²) in [5, 5.41) is 16.8. The normalized spacial score (nSPS) is 15.0. The summed E-state index contributed by atoms with van der Waals surface area (Å²) < 4.78 is 0.572. The van der Waals surface area contributed by atoms with E-state index in [1.54, 1.807) is 24.3 Å². The van der Waals surface area contributed by atoms with Crippen LogP contribution < -0.4 is 15.7 Å². The number of hydroxylamine groups is 1. The van der Waals surface area contributed by atoms with Gasteiger partial charge in [-0.3, -0.25) is 5.21 Å². The third-order valence-electron chi connectivity index (χ3n) is 4.77. The van der Waals surface area contributed by atoms with Gasteiger partial charge in [-0.25, -0.2) is 4.79 Å². The van der Waals surface area contributed by atoms with E-state index >= 15 is 0 Å². The van der Waals surface area contributed by atoms with Crippen LogP contribution in [0.15, 0.2) is 72.8 Å². The zero-order valence-corrected chi connectivity index (χ0v) is 17.3. The fourth-order valence-corrected chi connectivity index (χ4v) is 4.19. The highest BCUT2D eigenvalue weighted by Gasteiger charge is 2.20. The Kier molecular flexibility index (Phi) is 5.50. The number of urea groups is 1. The van der Waals surface area contributed by atoms with Crippen molar-refractivity contribution in [2.24, 2.45) is 0 Å². The van der Waals surface area contributed by atoms with Gasteiger partial charge in [0.15, 0.2) is 0 Å². The number of aryl methyl sites for hydroxylation is 1. The molecule has 1 unspecified atom stereocenters. The lowest BCUT2D eigenvalue weighted by Crippen LogP contribution is -2.31. The van der Waals surface area contributed by atoms with Crippen LogP contribution in [0.25, 0.3) is 0 Å². The van der Waals surface area contributed by atoms with E-state index < -0.39 is 6.03 Å². The molecule has 0 saturated carbocycles. The predicted molar refractivity (Wildman–Crippen MR) is 121 cm³/mol. The number of rotatable bonds is 4. The summed E-state index contributed by atoms with van der Waals surface area (Å²) in [6, 6.07) is 22.0. The molecule has 3 N–H and O–H groups in total. The third kappa shape index (κ3) is 4.13. The lowest BCUT2D eigenvalue weighted by molar-refractivity contribution is 0.216. The number of nitrogens with one attached hydrogen (secondary N) is 2. The van der Waals surface area contributed by atoms with Crippen LogP contribution in [-0.2, 0) is 6.42 Å². The Balaban J connectivity index is 1.42. The van der Waals surface area contributed by atoms with Gasteiger partial charge in [-0.2, -0.15) is 5.06 Å². The number of alkyl halides is 1. The van der Waals surface area contributed by atoms with E-state index in [0.29, 0.717) is 20.4 Å². The van der Waals surface area contributed by atoms with Crippen molar-refractivity contribution in [1.82, 2.24) is 0 Å². The topological polar surface area (TPSA) is 64.6 Å². The molecule has 0 radical (unpaired) electrons. The van der Waals surface area contributed by atoms with Gasteiger partial charge in [-0.1, -0.05) is 46.9 Å². The second-order valence-corrected chi connectivity index (χ2v) is 8.20. The van der Waals surface area contributed by atoms with E-state index in [-0.39, 0.29) is 0 Å². The van der Waals surface area contributed by atoms with Crippen LogP contribution >= 0.6 is 22.6 Å². The predicted octanol–water partition coefficient (Wildman–Crippen LogP) is 6.28. The van der Waals surface area contributed by atoms with Crippen molar-refractivity contribution in [1.29, 1.82) is 0 Å². The quantitative estimate of drug-likeness (QED) is 0.176. The van der Waals surface area contributed by atoms with Crippen LogP contribution in [-0.4, -0.2) is 11.2 Å². The molecule has 6 heteroatoms. The Morgan fingerprint density at radius 1 is 0.964 bits per heavy atom. The maximum absolute atomic E-state index is 12.2. The second-order valence-electron chi connectivity index (χ2n) is 6.70. The number of anilines is 4. The number of hydrogen-bond donors (Lipinski definition) is 3. The molecule has 1 aliphatic carbocycles. The number of carbonyl (C=O) groups excluding carboxylic acids is 1. The van der Waals surface area contributed by atoms with Gasteiger partial charge in [-0.15, -0.1) is 0 Å². The number of fused-ring (bicyclic) bond motifs is 1. The Labute approximate surface area is 177 Å². The minimum absolute atomic E-state index is 0.389. The average Bonchev–Trinajstić information content (AvgIpc) is 3.09. The van der Waals surface area contributed by atoms with Gasteiger partial charge in [0, 0.05) is 21.0 Å². The number of carbonyl (C=O) groups is 1. The van der Waals surface area contributed by atoms with Gasteiger partial charge in [0.1, 0.15) is 0 Å². The third-order valence-corrected chi connectivity index (χ3v) is 6.06. The van der Waals surface area contributed by atoms with Crippen molar-refractivity contribution in [2.45, 2.75) is 16.8 Å². The molecule has 0 heterocycles. The first-order chi connectivity index (χ1) is 13.6. The van der Waals surface area contributed by atoms with E-state index in [9.17, 15) is 10.0 Å². The molecular formula is C22H20IN3O2. The fraction of sp³-hybridized carbons (Fsp3) is 0.136. The van der Waals surface area contributed by atoms with Crippen molar-refractivity contribution in [3.05, 3.63) is 83.9 Å². The molecule has 3 aromatic rings.